The number of nitriles is 1. The summed E-state index contributed by atoms with van der Waals surface area (Å²) in [5.74, 6) is -0.279. The third-order valence-electron chi connectivity index (χ3n) is 5.18. The Morgan fingerprint density at radius 3 is 2.39 bits per heavy atom. The van der Waals surface area contributed by atoms with Gasteiger partial charge in [-0.25, -0.2) is 4.79 Å². The van der Waals surface area contributed by atoms with Gasteiger partial charge in [-0.2, -0.15) is 5.26 Å². The Labute approximate surface area is 180 Å². The highest BCUT2D eigenvalue weighted by Crippen LogP contribution is 2.34. The minimum absolute atomic E-state index is 0.214. The van der Waals surface area contributed by atoms with Gasteiger partial charge in [0.25, 0.3) is 0 Å². The van der Waals surface area contributed by atoms with Crippen molar-refractivity contribution in [2.45, 2.75) is 13.5 Å². The van der Waals surface area contributed by atoms with Crippen molar-refractivity contribution in [3.63, 3.8) is 0 Å². The van der Waals surface area contributed by atoms with Gasteiger partial charge in [-0.05, 0) is 48.4 Å². The fraction of sp³-hybridized carbons (Fsp3) is 0.0769. The molecule has 1 aromatic heterocycles. The standard InChI is InChI=1S/C26H20N2O3/c1-18-6-2-3-7-20(18)17-31-25-9-5-4-8-23(25)24-16-28(15-21(24)14-27)22-12-10-19(11-13-22)26(29)30/h2-13,15-16H,17H2,1H3,(H,29,30). The molecular weight excluding hydrogens is 388 g/mol. The van der Waals surface area contributed by atoms with Gasteiger partial charge in [0.2, 0.25) is 0 Å². The third kappa shape index (κ3) is 4.19. The minimum atomic E-state index is -0.975. The number of carboxylic acid groups (broad SMARTS) is 1. The van der Waals surface area contributed by atoms with Crippen molar-refractivity contribution in [2.75, 3.05) is 0 Å². The van der Waals surface area contributed by atoms with Crippen molar-refractivity contribution in [2.24, 2.45) is 0 Å². The second kappa shape index (κ2) is 8.60. The van der Waals surface area contributed by atoms with E-state index in [1.807, 2.05) is 66.2 Å². The van der Waals surface area contributed by atoms with Crippen LogP contribution >= 0.6 is 0 Å². The maximum Gasteiger partial charge on any atom is 0.335 e. The summed E-state index contributed by atoms with van der Waals surface area (Å²) < 4.78 is 7.95. The molecule has 31 heavy (non-hydrogen) atoms. The van der Waals surface area contributed by atoms with Crippen LogP contribution in [0.25, 0.3) is 16.8 Å². The van der Waals surface area contributed by atoms with E-state index in [0.717, 1.165) is 27.9 Å². The van der Waals surface area contributed by atoms with Crippen LogP contribution in [-0.2, 0) is 6.61 Å². The van der Waals surface area contributed by atoms with Crippen LogP contribution in [0.4, 0.5) is 0 Å². The number of para-hydroxylation sites is 1. The summed E-state index contributed by atoms with van der Waals surface area (Å²) in [6, 6.07) is 24.5. The number of ether oxygens (including phenoxy) is 1. The van der Waals surface area contributed by atoms with E-state index in [-0.39, 0.29) is 5.56 Å². The number of aryl methyl sites for hydroxylation is 1. The first-order valence-corrected chi connectivity index (χ1v) is 9.79. The summed E-state index contributed by atoms with van der Waals surface area (Å²) >= 11 is 0. The van der Waals surface area contributed by atoms with Crippen LogP contribution in [0.1, 0.15) is 27.0 Å². The number of nitrogens with zero attached hydrogens (tertiary/aromatic N) is 2. The fourth-order valence-corrected chi connectivity index (χ4v) is 3.43. The van der Waals surface area contributed by atoms with Crippen LogP contribution in [-0.4, -0.2) is 15.6 Å². The molecule has 0 unspecified atom stereocenters. The Morgan fingerprint density at radius 2 is 1.68 bits per heavy atom. The van der Waals surface area contributed by atoms with Crippen molar-refractivity contribution in [1.29, 1.82) is 5.26 Å². The SMILES string of the molecule is Cc1ccccc1COc1ccccc1-c1cn(-c2ccc(C(=O)O)cc2)cc1C#N. The molecule has 5 heteroatoms. The van der Waals surface area contributed by atoms with Gasteiger partial charge in [0.15, 0.2) is 0 Å². The minimum Gasteiger partial charge on any atom is -0.488 e. The van der Waals surface area contributed by atoms with Gasteiger partial charge in [-0.1, -0.05) is 42.5 Å². The van der Waals surface area contributed by atoms with E-state index >= 15 is 0 Å². The lowest BCUT2D eigenvalue weighted by Crippen LogP contribution is -1.99. The first kappa shape index (κ1) is 20.0. The molecule has 0 bridgehead atoms. The van der Waals surface area contributed by atoms with Gasteiger partial charge in [-0.15, -0.1) is 0 Å². The fourth-order valence-electron chi connectivity index (χ4n) is 3.43. The molecule has 0 amide bonds. The van der Waals surface area contributed by atoms with Gasteiger partial charge in [0.1, 0.15) is 18.4 Å². The first-order valence-electron chi connectivity index (χ1n) is 9.79. The van der Waals surface area contributed by atoms with E-state index in [4.69, 9.17) is 9.84 Å². The van der Waals surface area contributed by atoms with Crippen LogP contribution in [0.5, 0.6) is 5.75 Å². The number of aromatic carboxylic acids is 1. The average Bonchev–Trinajstić information content (AvgIpc) is 3.23. The molecule has 0 aliphatic heterocycles. The van der Waals surface area contributed by atoms with E-state index in [0.29, 0.717) is 17.9 Å². The topological polar surface area (TPSA) is 75.2 Å². The highest BCUT2D eigenvalue weighted by molar-refractivity contribution is 5.87. The lowest BCUT2D eigenvalue weighted by Gasteiger charge is -2.12. The van der Waals surface area contributed by atoms with Crippen LogP contribution < -0.4 is 4.74 Å². The predicted octanol–water partition coefficient (Wildman–Crippen LogP) is 5.60. The molecule has 0 aliphatic rings. The van der Waals surface area contributed by atoms with Gasteiger partial charge in [0, 0.05) is 29.2 Å². The molecule has 5 nitrogen and oxygen atoms in total. The van der Waals surface area contributed by atoms with Crippen molar-refractivity contribution in [3.8, 4) is 28.6 Å². The maximum atomic E-state index is 11.1. The van der Waals surface area contributed by atoms with Gasteiger partial charge >= 0.3 is 5.97 Å². The monoisotopic (exact) mass is 408 g/mol. The van der Waals surface area contributed by atoms with Gasteiger partial charge < -0.3 is 14.4 Å². The van der Waals surface area contributed by atoms with Gasteiger partial charge in [0.05, 0.1) is 11.1 Å². The first-order chi connectivity index (χ1) is 15.1. The number of carbonyl (C=O) groups is 1. The van der Waals surface area contributed by atoms with E-state index in [1.54, 1.807) is 30.5 Å². The lowest BCUT2D eigenvalue weighted by molar-refractivity contribution is 0.0697. The Bertz CT molecular complexity index is 1280. The molecule has 0 radical (unpaired) electrons. The number of benzene rings is 3. The number of rotatable bonds is 6. The number of carboxylic acids is 1. The zero-order chi connectivity index (χ0) is 21.8. The van der Waals surface area contributed by atoms with Crippen LogP contribution in [0.2, 0.25) is 0 Å². The van der Waals surface area contributed by atoms with Crippen molar-refractivity contribution >= 4 is 5.97 Å². The Balaban J connectivity index is 1.68. The molecule has 4 rings (SSSR count). The Morgan fingerprint density at radius 1 is 0.968 bits per heavy atom. The van der Waals surface area contributed by atoms with Crippen LogP contribution in [0, 0.1) is 18.3 Å². The summed E-state index contributed by atoms with van der Waals surface area (Å²) in [6.07, 6.45) is 3.60. The Kier molecular flexibility index (Phi) is 5.55. The molecule has 0 spiro atoms. The van der Waals surface area contributed by atoms with Crippen LogP contribution in [0.3, 0.4) is 0 Å². The quantitative estimate of drug-likeness (QED) is 0.450. The van der Waals surface area contributed by atoms with E-state index in [9.17, 15) is 10.1 Å². The van der Waals surface area contributed by atoms with Crippen LogP contribution in [0.15, 0.2) is 85.2 Å². The molecule has 0 saturated heterocycles. The summed E-state index contributed by atoms with van der Waals surface area (Å²) in [5, 5.41) is 18.8. The number of hydrogen-bond acceptors (Lipinski definition) is 3. The normalized spacial score (nSPS) is 10.5. The smallest absolute Gasteiger partial charge is 0.335 e. The lowest BCUT2D eigenvalue weighted by atomic mass is 10.0. The van der Waals surface area contributed by atoms with E-state index in [2.05, 4.69) is 6.07 Å². The zero-order valence-corrected chi connectivity index (χ0v) is 16.9. The number of aromatic nitrogens is 1. The molecular formula is C26H20N2O3. The van der Waals surface area contributed by atoms with E-state index < -0.39 is 5.97 Å². The molecule has 3 aromatic carbocycles. The molecule has 152 valence electrons. The highest BCUT2D eigenvalue weighted by Gasteiger charge is 2.15. The molecule has 0 aliphatic carbocycles. The third-order valence-corrected chi connectivity index (χ3v) is 5.18. The van der Waals surface area contributed by atoms with E-state index in [1.165, 1.54) is 0 Å². The second-order valence-corrected chi connectivity index (χ2v) is 7.17. The molecule has 0 saturated carbocycles. The largest absolute Gasteiger partial charge is 0.488 e. The summed E-state index contributed by atoms with van der Waals surface area (Å²) in [7, 11) is 0. The molecule has 4 aromatic rings. The highest BCUT2D eigenvalue weighted by atomic mass is 16.5. The molecule has 1 heterocycles. The maximum absolute atomic E-state index is 11.1. The molecule has 0 atom stereocenters. The average molecular weight is 408 g/mol. The van der Waals surface area contributed by atoms with Gasteiger partial charge in [-0.3, -0.25) is 0 Å². The van der Waals surface area contributed by atoms with Crippen molar-refractivity contribution in [3.05, 3.63) is 107 Å². The zero-order valence-electron chi connectivity index (χ0n) is 16.9. The molecule has 1 N–H and O–H groups in total. The van der Waals surface area contributed by atoms with Crippen molar-refractivity contribution < 1.29 is 14.6 Å². The number of hydrogen-bond donors (Lipinski definition) is 1. The second-order valence-electron chi connectivity index (χ2n) is 7.17. The summed E-state index contributed by atoms with van der Waals surface area (Å²) in [4.78, 5) is 11.1. The van der Waals surface area contributed by atoms with Crippen molar-refractivity contribution in [1.82, 2.24) is 4.57 Å². The Hall–Kier alpha value is -4.30. The summed E-state index contributed by atoms with van der Waals surface area (Å²) in [5.41, 5.74) is 5.34. The summed E-state index contributed by atoms with van der Waals surface area (Å²) in [6.45, 7) is 2.48. The predicted molar refractivity (Wildman–Crippen MR) is 118 cm³/mol. The molecule has 0 fully saturated rings.